The fraction of sp³-hybridized carbons (Fsp3) is 0.333. The first-order valence-corrected chi connectivity index (χ1v) is 5.82. The van der Waals surface area contributed by atoms with E-state index in [9.17, 15) is 10.1 Å². The Morgan fingerprint density at radius 2 is 2.06 bits per heavy atom. The molecular formula is C12H15ClN2O2. The first-order valence-electron chi connectivity index (χ1n) is 5.44. The van der Waals surface area contributed by atoms with Crippen molar-refractivity contribution in [2.24, 2.45) is 0 Å². The fourth-order valence-corrected chi connectivity index (χ4v) is 1.90. The number of nitro groups is 1. The van der Waals surface area contributed by atoms with Gasteiger partial charge in [0.1, 0.15) is 0 Å². The average molecular weight is 255 g/mol. The van der Waals surface area contributed by atoms with E-state index in [1.54, 1.807) is 6.07 Å². The quantitative estimate of drug-likeness (QED) is 0.597. The van der Waals surface area contributed by atoms with Crippen LogP contribution in [0, 0.1) is 10.1 Å². The lowest BCUT2D eigenvalue weighted by Gasteiger charge is -2.22. The molecule has 0 atom stereocenters. The van der Waals surface area contributed by atoms with Crippen LogP contribution >= 0.6 is 11.6 Å². The Morgan fingerprint density at radius 1 is 1.41 bits per heavy atom. The Labute approximate surface area is 106 Å². The van der Waals surface area contributed by atoms with Crippen molar-refractivity contribution in [3.8, 4) is 0 Å². The molecule has 0 bridgehead atoms. The van der Waals surface area contributed by atoms with Gasteiger partial charge in [0, 0.05) is 19.2 Å². The van der Waals surface area contributed by atoms with Gasteiger partial charge in [0.15, 0.2) is 0 Å². The summed E-state index contributed by atoms with van der Waals surface area (Å²) in [7, 11) is 0. The van der Waals surface area contributed by atoms with E-state index in [0.29, 0.717) is 5.02 Å². The van der Waals surface area contributed by atoms with Crippen LogP contribution in [0.15, 0.2) is 24.4 Å². The molecule has 1 rings (SSSR count). The fourth-order valence-electron chi connectivity index (χ4n) is 1.59. The number of anilines is 1. The number of benzene rings is 1. The van der Waals surface area contributed by atoms with Crippen molar-refractivity contribution in [2.45, 2.75) is 13.8 Å². The highest BCUT2D eigenvalue weighted by atomic mass is 35.5. The van der Waals surface area contributed by atoms with Crippen LogP contribution < -0.4 is 4.90 Å². The Morgan fingerprint density at radius 3 is 2.53 bits per heavy atom. The lowest BCUT2D eigenvalue weighted by Crippen LogP contribution is -2.22. The minimum absolute atomic E-state index is 0.494. The van der Waals surface area contributed by atoms with Crippen molar-refractivity contribution < 1.29 is 4.92 Å². The number of halogens is 1. The second-order valence-corrected chi connectivity index (χ2v) is 3.89. The molecule has 0 aliphatic heterocycles. The lowest BCUT2D eigenvalue weighted by atomic mass is 10.2. The van der Waals surface area contributed by atoms with Crippen LogP contribution in [-0.2, 0) is 0 Å². The Bertz CT molecular complexity index is 429. The monoisotopic (exact) mass is 254 g/mol. The van der Waals surface area contributed by atoms with Crippen LogP contribution in [0.25, 0.3) is 6.08 Å². The molecule has 0 amide bonds. The maximum Gasteiger partial charge on any atom is 0.235 e. The van der Waals surface area contributed by atoms with E-state index in [1.807, 2.05) is 12.1 Å². The van der Waals surface area contributed by atoms with Crippen molar-refractivity contribution >= 4 is 23.4 Å². The highest BCUT2D eigenvalue weighted by molar-refractivity contribution is 6.33. The molecule has 4 nitrogen and oxygen atoms in total. The molecule has 0 radical (unpaired) electrons. The summed E-state index contributed by atoms with van der Waals surface area (Å²) in [4.78, 5) is 11.8. The molecule has 17 heavy (non-hydrogen) atoms. The molecule has 1 aromatic carbocycles. The van der Waals surface area contributed by atoms with Gasteiger partial charge in [0.05, 0.1) is 15.6 Å². The molecule has 92 valence electrons. The van der Waals surface area contributed by atoms with Crippen molar-refractivity contribution in [1.82, 2.24) is 0 Å². The second-order valence-electron chi connectivity index (χ2n) is 3.48. The van der Waals surface area contributed by atoms with Crippen LogP contribution in [0.4, 0.5) is 5.69 Å². The zero-order valence-electron chi connectivity index (χ0n) is 9.89. The molecular weight excluding hydrogens is 240 g/mol. The topological polar surface area (TPSA) is 46.4 Å². The van der Waals surface area contributed by atoms with Gasteiger partial charge in [-0.3, -0.25) is 10.1 Å². The third kappa shape index (κ3) is 3.75. The van der Waals surface area contributed by atoms with Crippen molar-refractivity contribution in [3.05, 3.63) is 45.1 Å². The minimum Gasteiger partial charge on any atom is -0.371 e. The summed E-state index contributed by atoms with van der Waals surface area (Å²) in [6, 6.07) is 5.43. The van der Waals surface area contributed by atoms with E-state index in [0.717, 1.165) is 30.5 Å². The van der Waals surface area contributed by atoms with Crippen LogP contribution in [0.3, 0.4) is 0 Å². The third-order valence-electron chi connectivity index (χ3n) is 2.46. The summed E-state index contributed by atoms with van der Waals surface area (Å²) in [6.45, 7) is 5.86. The standard InChI is InChI=1S/C12H15ClN2O2/c1-3-14(4-2)12-6-5-10(9-11(12)13)7-8-15(16)17/h5-9H,3-4H2,1-2H3. The molecule has 0 aliphatic carbocycles. The van der Waals surface area contributed by atoms with E-state index >= 15 is 0 Å². The Balaban J connectivity index is 2.97. The first kappa shape index (κ1) is 13.5. The summed E-state index contributed by atoms with van der Waals surface area (Å²) in [6.07, 6.45) is 2.33. The summed E-state index contributed by atoms with van der Waals surface area (Å²) in [5.74, 6) is 0. The molecule has 0 unspecified atom stereocenters. The summed E-state index contributed by atoms with van der Waals surface area (Å²) < 4.78 is 0. The Kier molecular flexibility index (Phi) is 4.97. The smallest absolute Gasteiger partial charge is 0.235 e. The normalized spacial score (nSPS) is 10.8. The molecule has 0 aromatic heterocycles. The molecule has 0 spiro atoms. The highest BCUT2D eigenvalue weighted by Gasteiger charge is 2.06. The van der Waals surface area contributed by atoms with Crippen LogP contribution in [-0.4, -0.2) is 18.0 Å². The minimum atomic E-state index is -0.494. The van der Waals surface area contributed by atoms with Gasteiger partial charge >= 0.3 is 0 Å². The van der Waals surface area contributed by atoms with Crippen LogP contribution in [0.1, 0.15) is 19.4 Å². The predicted octanol–water partition coefficient (Wildman–Crippen LogP) is 3.43. The van der Waals surface area contributed by atoms with Crippen molar-refractivity contribution in [2.75, 3.05) is 18.0 Å². The maximum absolute atomic E-state index is 10.2. The lowest BCUT2D eigenvalue weighted by molar-refractivity contribution is -0.400. The SMILES string of the molecule is CCN(CC)c1ccc(C=C[N+](=O)[O-])cc1Cl. The molecule has 0 heterocycles. The number of nitrogens with zero attached hydrogens (tertiary/aromatic N) is 2. The van der Waals surface area contributed by atoms with Gasteiger partial charge < -0.3 is 4.90 Å². The van der Waals surface area contributed by atoms with Gasteiger partial charge in [0.2, 0.25) is 6.20 Å². The van der Waals surface area contributed by atoms with Gasteiger partial charge in [-0.1, -0.05) is 17.7 Å². The van der Waals surface area contributed by atoms with Gasteiger partial charge in [-0.15, -0.1) is 0 Å². The van der Waals surface area contributed by atoms with Gasteiger partial charge in [-0.05, 0) is 31.5 Å². The summed E-state index contributed by atoms with van der Waals surface area (Å²) in [5, 5.41) is 10.8. The predicted molar refractivity (Wildman–Crippen MR) is 71.0 cm³/mol. The summed E-state index contributed by atoms with van der Waals surface area (Å²) >= 11 is 6.15. The van der Waals surface area contributed by atoms with Crippen molar-refractivity contribution in [3.63, 3.8) is 0 Å². The van der Waals surface area contributed by atoms with E-state index in [4.69, 9.17) is 11.6 Å². The van der Waals surface area contributed by atoms with Crippen LogP contribution in [0.2, 0.25) is 5.02 Å². The highest BCUT2D eigenvalue weighted by Crippen LogP contribution is 2.27. The average Bonchev–Trinajstić information content (AvgIpc) is 2.30. The van der Waals surface area contributed by atoms with Gasteiger partial charge in [0.25, 0.3) is 0 Å². The van der Waals surface area contributed by atoms with Crippen molar-refractivity contribution in [1.29, 1.82) is 0 Å². The van der Waals surface area contributed by atoms with Crippen LogP contribution in [0.5, 0.6) is 0 Å². The number of hydrogen-bond donors (Lipinski definition) is 0. The van der Waals surface area contributed by atoms with Gasteiger partial charge in [-0.2, -0.15) is 0 Å². The van der Waals surface area contributed by atoms with E-state index in [1.165, 1.54) is 6.08 Å². The molecule has 0 N–H and O–H groups in total. The molecule has 0 aliphatic rings. The number of hydrogen-bond acceptors (Lipinski definition) is 3. The summed E-state index contributed by atoms with van der Waals surface area (Å²) in [5.41, 5.74) is 1.68. The third-order valence-corrected chi connectivity index (χ3v) is 2.77. The van der Waals surface area contributed by atoms with E-state index < -0.39 is 4.92 Å². The largest absolute Gasteiger partial charge is 0.371 e. The molecule has 0 saturated heterocycles. The second kappa shape index (κ2) is 6.25. The number of rotatable bonds is 5. The maximum atomic E-state index is 10.2. The molecule has 0 fully saturated rings. The van der Waals surface area contributed by atoms with E-state index in [-0.39, 0.29) is 0 Å². The Hall–Kier alpha value is -1.55. The first-order chi connectivity index (χ1) is 8.08. The zero-order chi connectivity index (χ0) is 12.8. The molecule has 1 aromatic rings. The molecule has 5 heteroatoms. The zero-order valence-corrected chi connectivity index (χ0v) is 10.6. The van der Waals surface area contributed by atoms with Gasteiger partial charge in [-0.25, -0.2) is 0 Å². The van der Waals surface area contributed by atoms with E-state index in [2.05, 4.69) is 18.7 Å². The molecule has 0 saturated carbocycles.